The van der Waals surface area contributed by atoms with Crippen molar-refractivity contribution in [2.45, 2.75) is 25.9 Å². The summed E-state index contributed by atoms with van der Waals surface area (Å²) in [6.45, 7) is 4.16. The van der Waals surface area contributed by atoms with Gasteiger partial charge in [0.05, 0.1) is 12.3 Å². The topological polar surface area (TPSA) is 74.6 Å². The fraction of sp³-hybridized carbons (Fsp3) is 0.400. The molecule has 0 radical (unpaired) electrons. The molecule has 1 aromatic heterocycles. The van der Waals surface area contributed by atoms with Gasteiger partial charge in [-0.25, -0.2) is 0 Å². The summed E-state index contributed by atoms with van der Waals surface area (Å²) < 4.78 is 5.46. The number of hydrogen-bond acceptors (Lipinski definition) is 4. The van der Waals surface area contributed by atoms with Crippen molar-refractivity contribution in [3.8, 4) is 0 Å². The second-order valence-corrected chi connectivity index (χ2v) is 7.38. The Morgan fingerprint density at radius 3 is 2.33 bits per heavy atom. The molecule has 146 valence electrons. The standard InChI is InChI=1S/C20H26ClN3O3/c1-13(2)18(23-19(25)14-7-9-15(21)10-8-14)20(26)22-12-16(24(3)4)17-6-5-11-27-17/h5-11,13,16,18H,12H2,1-4H3,(H,22,26)(H,23,25). The number of likely N-dealkylation sites (N-methyl/N-ethyl adjacent to an activating group) is 1. The molecule has 1 heterocycles. The number of carbonyl (C=O) groups is 2. The van der Waals surface area contributed by atoms with Crippen molar-refractivity contribution in [1.29, 1.82) is 0 Å². The summed E-state index contributed by atoms with van der Waals surface area (Å²) in [5, 5.41) is 6.29. The predicted molar refractivity (Wildman–Crippen MR) is 106 cm³/mol. The quantitative estimate of drug-likeness (QED) is 0.725. The number of nitrogens with one attached hydrogen (secondary N) is 2. The number of furan rings is 1. The van der Waals surface area contributed by atoms with Gasteiger partial charge in [0, 0.05) is 17.1 Å². The molecule has 2 atom stereocenters. The van der Waals surface area contributed by atoms with Gasteiger partial charge in [0.2, 0.25) is 5.91 Å². The number of carbonyl (C=O) groups excluding carboxylic acids is 2. The minimum Gasteiger partial charge on any atom is -0.468 e. The maximum absolute atomic E-state index is 12.7. The number of hydrogen-bond donors (Lipinski definition) is 2. The molecule has 0 saturated heterocycles. The third-order valence-corrected chi connectivity index (χ3v) is 4.56. The van der Waals surface area contributed by atoms with E-state index in [-0.39, 0.29) is 23.8 Å². The number of benzene rings is 1. The Bertz CT molecular complexity index is 742. The maximum Gasteiger partial charge on any atom is 0.251 e. The number of nitrogens with zero attached hydrogens (tertiary/aromatic N) is 1. The van der Waals surface area contributed by atoms with Crippen molar-refractivity contribution in [3.05, 3.63) is 59.0 Å². The van der Waals surface area contributed by atoms with Gasteiger partial charge in [-0.05, 0) is 56.4 Å². The Kier molecular flexibility index (Phi) is 7.45. The van der Waals surface area contributed by atoms with Crippen LogP contribution in [-0.4, -0.2) is 43.4 Å². The van der Waals surface area contributed by atoms with Gasteiger partial charge in [-0.2, -0.15) is 0 Å². The van der Waals surface area contributed by atoms with Crippen molar-refractivity contribution in [3.63, 3.8) is 0 Å². The zero-order chi connectivity index (χ0) is 20.0. The number of amides is 2. The van der Waals surface area contributed by atoms with E-state index in [1.54, 1.807) is 30.5 Å². The molecule has 2 N–H and O–H groups in total. The summed E-state index contributed by atoms with van der Waals surface area (Å²) in [7, 11) is 3.84. The minimum atomic E-state index is -0.646. The molecule has 0 aliphatic rings. The van der Waals surface area contributed by atoms with Gasteiger partial charge >= 0.3 is 0 Å². The molecule has 2 amide bonds. The van der Waals surface area contributed by atoms with Gasteiger partial charge in [0.15, 0.2) is 0 Å². The van der Waals surface area contributed by atoms with Crippen LogP contribution in [0.15, 0.2) is 47.1 Å². The van der Waals surface area contributed by atoms with Crippen molar-refractivity contribution < 1.29 is 14.0 Å². The zero-order valence-electron chi connectivity index (χ0n) is 16.0. The highest BCUT2D eigenvalue weighted by Gasteiger charge is 2.26. The Morgan fingerprint density at radius 2 is 1.81 bits per heavy atom. The molecule has 27 heavy (non-hydrogen) atoms. The highest BCUT2D eigenvalue weighted by molar-refractivity contribution is 6.30. The molecule has 2 aromatic rings. The van der Waals surface area contributed by atoms with E-state index in [2.05, 4.69) is 10.6 Å². The highest BCUT2D eigenvalue weighted by Crippen LogP contribution is 2.18. The van der Waals surface area contributed by atoms with Gasteiger partial charge in [-0.3, -0.25) is 14.5 Å². The molecule has 0 bridgehead atoms. The van der Waals surface area contributed by atoms with Gasteiger partial charge in [0.25, 0.3) is 5.91 Å². The van der Waals surface area contributed by atoms with Crippen molar-refractivity contribution in [2.75, 3.05) is 20.6 Å². The van der Waals surface area contributed by atoms with Gasteiger partial charge < -0.3 is 15.1 Å². The van der Waals surface area contributed by atoms with Gasteiger partial charge in [-0.15, -0.1) is 0 Å². The zero-order valence-corrected chi connectivity index (χ0v) is 16.8. The normalized spacial score (nSPS) is 13.4. The lowest BCUT2D eigenvalue weighted by Gasteiger charge is -2.26. The Hall–Kier alpha value is -2.31. The van der Waals surface area contributed by atoms with Crippen LogP contribution in [-0.2, 0) is 4.79 Å². The van der Waals surface area contributed by atoms with Crippen LogP contribution in [0.1, 0.15) is 36.0 Å². The van der Waals surface area contributed by atoms with Crippen LogP contribution >= 0.6 is 11.6 Å². The van der Waals surface area contributed by atoms with Crippen molar-refractivity contribution in [1.82, 2.24) is 15.5 Å². The van der Waals surface area contributed by atoms with Crippen molar-refractivity contribution >= 4 is 23.4 Å². The highest BCUT2D eigenvalue weighted by atomic mass is 35.5. The van der Waals surface area contributed by atoms with E-state index >= 15 is 0 Å². The SMILES string of the molecule is CC(C)C(NC(=O)c1ccc(Cl)cc1)C(=O)NCC(c1ccco1)N(C)C. The van der Waals surface area contributed by atoms with Gasteiger partial charge in [-0.1, -0.05) is 25.4 Å². The fourth-order valence-corrected chi connectivity index (χ4v) is 2.81. The van der Waals surface area contributed by atoms with E-state index in [9.17, 15) is 9.59 Å². The van der Waals surface area contributed by atoms with Crippen LogP contribution < -0.4 is 10.6 Å². The summed E-state index contributed by atoms with van der Waals surface area (Å²) in [6, 6.07) is 9.50. The van der Waals surface area contributed by atoms with Crippen LogP contribution in [0.4, 0.5) is 0 Å². The molecule has 7 heteroatoms. The van der Waals surface area contributed by atoms with Crippen LogP contribution in [0.25, 0.3) is 0 Å². The summed E-state index contributed by atoms with van der Waals surface area (Å²) in [6.07, 6.45) is 1.61. The molecule has 1 aromatic carbocycles. The average Bonchev–Trinajstić information content (AvgIpc) is 3.13. The monoisotopic (exact) mass is 391 g/mol. The molecular formula is C20H26ClN3O3. The Labute approximate surface area is 164 Å². The first-order valence-electron chi connectivity index (χ1n) is 8.83. The molecule has 2 unspecified atom stereocenters. The van der Waals surface area contributed by atoms with E-state index in [4.69, 9.17) is 16.0 Å². The van der Waals surface area contributed by atoms with E-state index < -0.39 is 6.04 Å². The summed E-state index contributed by atoms with van der Waals surface area (Å²) in [5.74, 6) is 0.163. The number of halogens is 1. The predicted octanol–water partition coefficient (Wildman–Crippen LogP) is 3.11. The molecule has 0 aliphatic carbocycles. The first-order valence-corrected chi connectivity index (χ1v) is 9.21. The van der Waals surface area contributed by atoms with Crippen LogP contribution in [0.2, 0.25) is 5.02 Å². The lowest BCUT2D eigenvalue weighted by atomic mass is 10.0. The first-order chi connectivity index (χ1) is 12.8. The average molecular weight is 392 g/mol. The Morgan fingerprint density at radius 1 is 1.15 bits per heavy atom. The van der Waals surface area contributed by atoms with Crippen LogP contribution in [0.5, 0.6) is 0 Å². The van der Waals surface area contributed by atoms with Crippen LogP contribution in [0, 0.1) is 5.92 Å². The van der Waals surface area contributed by atoms with E-state index in [0.29, 0.717) is 17.1 Å². The summed E-state index contributed by atoms with van der Waals surface area (Å²) >= 11 is 5.85. The third-order valence-electron chi connectivity index (χ3n) is 4.31. The second kappa shape index (κ2) is 9.58. The fourth-order valence-electron chi connectivity index (χ4n) is 2.69. The lowest BCUT2D eigenvalue weighted by Crippen LogP contribution is -2.51. The van der Waals surface area contributed by atoms with Crippen molar-refractivity contribution in [2.24, 2.45) is 5.92 Å². The molecule has 2 rings (SSSR count). The lowest BCUT2D eigenvalue weighted by molar-refractivity contribution is -0.124. The summed E-state index contributed by atoms with van der Waals surface area (Å²) in [4.78, 5) is 27.1. The second-order valence-electron chi connectivity index (χ2n) is 6.94. The molecular weight excluding hydrogens is 366 g/mol. The maximum atomic E-state index is 12.7. The molecule has 0 aliphatic heterocycles. The van der Waals surface area contributed by atoms with E-state index in [0.717, 1.165) is 5.76 Å². The largest absolute Gasteiger partial charge is 0.468 e. The number of rotatable bonds is 8. The molecule has 6 nitrogen and oxygen atoms in total. The summed E-state index contributed by atoms with van der Waals surface area (Å²) in [5.41, 5.74) is 0.458. The minimum absolute atomic E-state index is 0.0670. The smallest absolute Gasteiger partial charge is 0.251 e. The molecule has 0 fully saturated rings. The molecule has 0 spiro atoms. The Balaban J connectivity index is 2.01. The van der Waals surface area contributed by atoms with Crippen LogP contribution in [0.3, 0.4) is 0 Å². The molecule has 0 saturated carbocycles. The third kappa shape index (κ3) is 5.84. The van der Waals surface area contributed by atoms with Gasteiger partial charge in [0.1, 0.15) is 11.8 Å². The van der Waals surface area contributed by atoms with E-state index in [1.165, 1.54) is 0 Å². The van der Waals surface area contributed by atoms with E-state index in [1.807, 2.05) is 45.0 Å². The first kappa shape index (κ1) is 21.0.